The molecule has 0 aliphatic heterocycles. The van der Waals surface area contributed by atoms with Crippen LogP contribution in [0.3, 0.4) is 0 Å². The van der Waals surface area contributed by atoms with E-state index < -0.39 is 23.6 Å². The van der Waals surface area contributed by atoms with Gasteiger partial charge >= 0.3 is 0 Å². The number of aliphatic hydroxyl groups excluding tert-OH is 1. The smallest absolute Gasteiger partial charge is 0.129 e. The van der Waals surface area contributed by atoms with E-state index in [0.29, 0.717) is 11.1 Å². The van der Waals surface area contributed by atoms with Crippen molar-refractivity contribution in [1.82, 2.24) is 0 Å². The van der Waals surface area contributed by atoms with Crippen LogP contribution in [0.25, 0.3) is 0 Å². The van der Waals surface area contributed by atoms with Crippen LogP contribution in [0.4, 0.5) is 13.2 Å². The second-order valence-electron chi connectivity index (χ2n) is 4.48. The molecule has 0 heterocycles. The summed E-state index contributed by atoms with van der Waals surface area (Å²) in [6.07, 6.45) is -1.39. The van der Waals surface area contributed by atoms with E-state index >= 15 is 0 Å². The van der Waals surface area contributed by atoms with Gasteiger partial charge in [-0.1, -0.05) is 12.1 Å². The first-order valence-electron chi connectivity index (χ1n) is 5.85. The number of hydrogen-bond donors (Lipinski definition) is 1. The van der Waals surface area contributed by atoms with Crippen molar-refractivity contribution in [2.75, 3.05) is 0 Å². The van der Waals surface area contributed by atoms with Crippen molar-refractivity contribution in [3.8, 4) is 0 Å². The van der Waals surface area contributed by atoms with E-state index in [9.17, 15) is 18.3 Å². The Morgan fingerprint density at radius 1 is 1.05 bits per heavy atom. The van der Waals surface area contributed by atoms with Crippen LogP contribution in [-0.2, 0) is 6.42 Å². The van der Waals surface area contributed by atoms with Gasteiger partial charge in [0, 0.05) is 12.0 Å². The standard InChI is InChI=1S/C15H13F3O/c1-9-5-10(7-11(16)6-9)15(19)8-12-13(17)3-2-4-14(12)18/h2-7,15,19H,8H2,1H3. The first kappa shape index (κ1) is 13.6. The van der Waals surface area contributed by atoms with Gasteiger partial charge in [0.25, 0.3) is 0 Å². The predicted molar refractivity (Wildman–Crippen MR) is 66.2 cm³/mol. The number of aryl methyl sites for hydroxylation is 1. The molecule has 1 N–H and O–H groups in total. The molecule has 0 aliphatic carbocycles. The Morgan fingerprint density at radius 3 is 2.26 bits per heavy atom. The Balaban J connectivity index is 2.28. The SMILES string of the molecule is Cc1cc(F)cc(C(O)Cc2c(F)cccc2F)c1. The Labute approximate surface area is 109 Å². The van der Waals surface area contributed by atoms with Crippen LogP contribution in [0.1, 0.15) is 22.8 Å². The van der Waals surface area contributed by atoms with Gasteiger partial charge in [-0.25, -0.2) is 13.2 Å². The van der Waals surface area contributed by atoms with E-state index in [1.54, 1.807) is 13.0 Å². The Bertz CT molecular complexity index is 555. The third-order valence-electron chi connectivity index (χ3n) is 2.91. The summed E-state index contributed by atoms with van der Waals surface area (Å²) in [4.78, 5) is 0. The lowest BCUT2D eigenvalue weighted by Gasteiger charge is -2.13. The number of hydrogen-bond acceptors (Lipinski definition) is 1. The monoisotopic (exact) mass is 266 g/mol. The summed E-state index contributed by atoms with van der Waals surface area (Å²) in [6.45, 7) is 1.68. The molecule has 2 rings (SSSR count). The van der Waals surface area contributed by atoms with Crippen molar-refractivity contribution >= 4 is 0 Å². The van der Waals surface area contributed by atoms with Crippen molar-refractivity contribution in [3.05, 3.63) is 70.5 Å². The molecule has 0 bridgehead atoms. The molecule has 2 aromatic rings. The minimum absolute atomic E-state index is 0.197. The summed E-state index contributed by atoms with van der Waals surface area (Å²) < 4.78 is 40.1. The maximum absolute atomic E-state index is 13.5. The lowest BCUT2D eigenvalue weighted by atomic mass is 9.99. The van der Waals surface area contributed by atoms with E-state index in [2.05, 4.69) is 0 Å². The van der Waals surface area contributed by atoms with E-state index in [0.717, 1.165) is 18.2 Å². The quantitative estimate of drug-likeness (QED) is 0.898. The molecule has 0 radical (unpaired) electrons. The number of halogens is 3. The van der Waals surface area contributed by atoms with Crippen LogP contribution in [-0.4, -0.2) is 5.11 Å². The van der Waals surface area contributed by atoms with Gasteiger partial charge in [-0.15, -0.1) is 0 Å². The Hall–Kier alpha value is -1.81. The Kier molecular flexibility index (Phi) is 3.90. The van der Waals surface area contributed by atoms with Gasteiger partial charge in [0.2, 0.25) is 0 Å². The van der Waals surface area contributed by atoms with Crippen molar-refractivity contribution in [2.45, 2.75) is 19.4 Å². The van der Waals surface area contributed by atoms with Crippen LogP contribution in [0.5, 0.6) is 0 Å². The molecule has 0 fully saturated rings. The fourth-order valence-corrected chi connectivity index (χ4v) is 2.00. The molecule has 0 amide bonds. The average molecular weight is 266 g/mol. The minimum Gasteiger partial charge on any atom is -0.388 e. The van der Waals surface area contributed by atoms with Gasteiger partial charge in [0.1, 0.15) is 17.5 Å². The zero-order valence-corrected chi connectivity index (χ0v) is 10.3. The molecule has 0 saturated heterocycles. The predicted octanol–water partition coefficient (Wildman–Crippen LogP) is 3.69. The van der Waals surface area contributed by atoms with E-state index in [4.69, 9.17) is 0 Å². The average Bonchev–Trinajstić information content (AvgIpc) is 2.32. The first-order valence-corrected chi connectivity index (χ1v) is 5.85. The van der Waals surface area contributed by atoms with Crippen molar-refractivity contribution in [1.29, 1.82) is 0 Å². The molecule has 1 nitrogen and oxygen atoms in total. The molecule has 100 valence electrons. The molecule has 0 spiro atoms. The summed E-state index contributed by atoms with van der Waals surface area (Å²) >= 11 is 0. The Morgan fingerprint density at radius 2 is 1.68 bits per heavy atom. The second-order valence-corrected chi connectivity index (χ2v) is 4.48. The summed E-state index contributed by atoms with van der Waals surface area (Å²) in [5, 5.41) is 9.97. The van der Waals surface area contributed by atoms with Crippen LogP contribution in [0.15, 0.2) is 36.4 Å². The molecular weight excluding hydrogens is 253 g/mol. The number of benzene rings is 2. The minimum atomic E-state index is -1.15. The van der Waals surface area contributed by atoms with E-state index in [-0.39, 0.29) is 12.0 Å². The molecule has 0 aliphatic rings. The van der Waals surface area contributed by atoms with E-state index in [1.807, 2.05) is 0 Å². The third-order valence-corrected chi connectivity index (χ3v) is 2.91. The van der Waals surface area contributed by atoms with Gasteiger partial charge < -0.3 is 5.11 Å². The largest absolute Gasteiger partial charge is 0.388 e. The summed E-state index contributed by atoms with van der Waals surface area (Å²) in [7, 11) is 0. The van der Waals surface area contributed by atoms with Gasteiger partial charge in [0.05, 0.1) is 6.10 Å². The molecule has 1 atom stereocenters. The molecule has 4 heteroatoms. The normalized spacial score (nSPS) is 12.5. The van der Waals surface area contributed by atoms with Gasteiger partial charge in [-0.2, -0.15) is 0 Å². The number of aliphatic hydroxyl groups is 1. The van der Waals surface area contributed by atoms with Crippen molar-refractivity contribution in [2.24, 2.45) is 0 Å². The maximum Gasteiger partial charge on any atom is 0.129 e. The topological polar surface area (TPSA) is 20.2 Å². The zero-order chi connectivity index (χ0) is 14.0. The van der Waals surface area contributed by atoms with Crippen molar-refractivity contribution < 1.29 is 18.3 Å². The third kappa shape index (κ3) is 3.15. The molecule has 1 unspecified atom stereocenters. The fraction of sp³-hybridized carbons (Fsp3) is 0.200. The van der Waals surface area contributed by atoms with Gasteiger partial charge in [-0.3, -0.25) is 0 Å². The molecule has 2 aromatic carbocycles. The summed E-state index contributed by atoms with van der Waals surface area (Å²) in [5.41, 5.74) is 0.750. The summed E-state index contributed by atoms with van der Waals surface area (Å²) in [5.74, 6) is -1.91. The zero-order valence-electron chi connectivity index (χ0n) is 10.3. The molecule has 19 heavy (non-hydrogen) atoms. The van der Waals surface area contributed by atoms with Crippen LogP contribution in [0, 0.1) is 24.4 Å². The highest BCUT2D eigenvalue weighted by molar-refractivity contribution is 5.28. The van der Waals surface area contributed by atoms with Crippen LogP contribution in [0.2, 0.25) is 0 Å². The molecular formula is C15H13F3O. The maximum atomic E-state index is 13.5. The number of rotatable bonds is 3. The lowest BCUT2D eigenvalue weighted by Crippen LogP contribution is -2.06. The van der Waals surface area contributed by atoms with Crippen LogP contribution < -0.4 is 0 Å². The molecule has 0 aromatic heterocycles. The highest BCUT2D eigenvalue weighted by Gasteiger charge is 2.16. The van der Waals surface area contributed by atoms with Gasteiger partial charge in [-0.05, 0) is 42.3 Å². The fourth-order valence-electron chi connectivity index (χ4n) is 2.00. The highest BCUT2D eigenvalue weighted by Crippen LogP contribution is 2.23. The lowest BCUT2D eigenvalue weighted by molar-refractivity contribution is 0.175. The second kappa shape index (κ2) is 5.45. The first-order chi connectivity index (χ1) is 8.97. The highest BCUT2D eigenvalue weighted by atomic mass is 19.1. The van der Waals surface area contributed by atoms with Crippen LogP contribution >= 0.6 is 0 Å². The molecule has 0 saturated carbocycles. The van der Waals surface area contributed by atoms with Gasteiger partial charge in [0.15, 0.2) is 0 Å². The summed E-state index contributed by atoms with van der Waals surface area (Å²) in [6, 6.07) is 7.58. The van der Waals surface area contributed by atoms with Crippen molar-refractivity contribution in [3.63, 3.8) is 0 Å². The van der Waals surface area contributed by atoms with E-state index in [1.165, 1.54) is 12.1 Å².